The number of rotatable bonds is 3. The van der Waals surface area contributed by atoms with E-state index in [1.54, 1.807) is 24.3 Å². The van der Waals surface area contributed by atoms with E-state index in [0.29, 0.717) is 0 Å². The van der Waals surface area contributed by atoms with Gasteiger partial charge in [-0.25, -0.2) is 8.42 Å². The first-order valence-electron chi connectivity index (χ1n) is 7.19. The summed E-state index contributed by atoms with van der Waals surface area (Å²) in [7, 11) is -4.77. The average Bonchev–Trinajstić information content (AvgIpc) is 2.55. The fraction of sp³-hybridized carbons (Fsp3) is 0.0588. The number of azo groups is 1. The lowest BCUT2D eigenvalue weighted by molar-refractivity contribution is 0.458. The van der Waals surface area contributed by atoms with Gasteiger partial charge in [-0.2, -0.15) is 0 Å². The van der Waals surface area contributed by atoms with Crippen LogP contribution >= 0.6 is 0 Å². The van der Waals surface area contributed by atoms with E-state index < -0.39 is 20.8 Å². The Hall–Kier alpha value is -2.97. The molecule has 0 saturated carbocycles. The van der Waals surface area contributed by atoms with Gasteiger partial charge in [0.05, 0.1) is 4.90 Å². The minimum absolute atomic E-state index is 0.00362. The zero-order valence-electron chi connectivity index (χ0n) is 13.0. The van der Waals surface area contributed by atoms with E-state index >= 15 is 0 Å². The van der Waals surface area contributed by atoms with Crippen LogP contribution in [0.25, 0.3) is 10.8 Å². The Morgan fingerprint density at radius 3 is 2.28 bits per heavy atom. The van der Waals surface area contributed by atoms with Crippen molar-refractivity contribution < 1.29 is 23.2 Å². The lowest BCUT2D eigenvalue weighted by atomic mass is 10.1. The molecule has 0 fully saturated rings. The highest BCUT2D eigenvalue weighted by Crippen LogP contribution is 2.40. The molecule has 0 unspecified atom stereocenters. The maximum Gasteiger partial charge on any atom is 0.145 e. The summed E-state index contributed by atoms with van der Waals surface area (Å²) in [5, 5.41) is 28.2. The third-order valence-corrected chi connectivity index (χ3v) is 4.49. The summed E-state index contributed by atoms with van der Waals surface area (Å²) in [6.07, 6.45) is 0. The third-order valence-electron chi connectivity index (χ3n) is 3.62. The van der Waals surface area contributed by atoms with Crippen LogP contribution < -0.4 is 0 Å². The quantitative estimate of drug-likeness (QED) is 0.544. The zero-order valence-corrected chi connectivity index (χ0v) is 13.9. The van der Waals surface area contributed by atoms with Crippen molar-refractivity contribution in [3.05, 3.63) is 54.1 Å². The summed E-state index contributed by atoms with van der Waals surface area (Å²) in [5.74, 6) is -0.582. The second-order valence-electron chi connectivity index (χ2n) is 5.43. The van der Waals surface area contributed by atoms with Gasteiger partial charge < -0.3 is 14.8 Å². The lowest BCUT2D eigenvalue weighted by Gasteiger charge is -2.13. The number of nitrogens with zero attached hydrogens (tertiary/aromatic N) is 2. The molecule has 0 aliphatic rings. The molecule has 3 aromatic carbocycles. The predicted octanol–water partition coefficient (Wildman–Crippen LogP) is 3.88. The Morgan fingerprint density at radius 2 is 1.60 bits per heavy atom. The Labute approximate surface area is 143 Å². The van der Waals surface area contributed by atoms with Crippen LogP contribution in [-0.4, -0.2) is 23.2 Å². The van der Waals surface area contributed by atoms with Gasteiger partial charge >= 0.3 is 0 Å². The van der Waals surface area contributed by atoms with Crippen molar-refractivity contribution in [2.45, 2.75) is 11.8 Å². The van der Waals surface area contributed by atoms with Crippen molar-refractivity contribution in [3.8, 4) is 11.5 Å². The van der Waals surface area contributed by atoms with Crippen LogP contribution in [0, 0.1) is 6.92 Å². The number of hydrogen-bond donors (Lipinski definition) is 2. The highest BCUT2D eigenvalue weighted by molar-refractivity contribution is 7.86. The number of aromatic hydroxyl groups is 2. The van der Waals surface area contributed by atoms with Crippen LogP contribution in [0.3, 0.4) is 0 Å². The molecule has 0 aliphatic heterocycles. The van der Waals surface area contributed by atoms with E-state index in [2.05, 4.69) is 10.2 Å². The van der Waals surface area contributed by atoms with Crippen LogP contribution in [0.2, 0.25) is 0 Å². The molecule has 0 aromatic heterocycles. The number of aryl methyl sites for hydroxylation is 1. The number of phenols is 2. The van der Waals surface area contributed by atoms with E-state index in [9.17, 15) is 23.2 Å². The summed E-state index contributed by atoms with van der Waals surface area (Å²) < 4.78 is 34.3. The first-order chi connectivity index (χ1) is 11.8. The highest BCUT2D eigenvalue weighted by atomic mass is 32.2. The molecule has 0 aliphatic carbocycles. The van der Waals surface area contributed by atoms with Gasteiger partial charge in [0.25, 0.3) is 0 Å². The first kappa shape index (κ1) is 16.9. The molecule has 0 heterocycles. The van der Waals surface area contributed by atoms with E-state index in [1.807, 2.05) is 6.92 Å². The molecule has 25 heavy (non-hydrogen) atoms. The molecule has 0 radical (unpaired) electrons. The van der Waals surface area contributed by atoms with Gasteiger partial charge in [0.15, 0.2) is 0 Å². The third kappa shape index (κ3) is 3.30. The van der Waals surface area contributed by atoms with Crippen molar-refractivity contribution >= 4 is 32.3 Å². The van der Waals surface area contributed by atoms with Crippen molar-refractivity contribution in [3.63, 3.8) is 0 Å². The first-order valence-corrected chi connectivity index (χ1v) is 8.60. The zero-order chi connectivity index (χ0) is 18.2. The summed E-state index contributed by atoms with van der Waals surface area (Å²) in [6.45, 7) is 1.82. The van der Waals surface area contributed by atoms with Gasteiger partial charge in [0.2, 0.25) is 0 Å². The van der Waals surface area contributed by atoms with E-state index in [-0.39, 0.29) is 27.9 Å². The fourth-order valence-corrected chi connectivity index (χ4v) is 3.15. The molecular weight excluding hydrogens is 344 g/mol. The molecule has 0 bridgehead atoms. The van der Waals surface area contributed by atoms with Gasteiger partial charge in [-0.1, -0.05) is 30.3 Å². The smallest absolute Gasteiger partial charge is 0.145 e. The average molecular weight is 357 g/mol. The van der Waals surface area contributed by atoms with Gasteiger partial charge in [-0.15, -0.1) is 10.2 Å². The van der Waals surface area contributed by atoms with Crippen molar-refractivity contribution in [1.82, 2.24) is 0 Å². The number of fused-ring (bicyclic) bond motifs is 1. The van der Waals surface area contributed by atoms with Gasteiger partial charge in [-0.05, 0) is 24.6 Å². The molecule has 8 heteroatoms. The summed E-state index contributed by atoms with van der Waals surface area (Å²) in [4.78, 5) is -0.530. The Bertz CT molecular complexity index is 1110. The van der Waals surface area contributed by atoms with Gasteiger partial charge in [0.1, 0.15) is 33.0 Å². The molecule has 3 aromatic rings. The fourth-order valence-electron chi connectivity index (χ4n) is 2.44. The number of hydrogen-bond acceptors (Lipinski definition) is 7. The molecule has 0 atom stereocenters. The van der Waals surface area contributed by atoms with Crippen LogP contribution in [-0.2, 0) is 10.1 Å². The van der Waals surface area contributed by atoms with E-state index in [4.69, 9.17) is 0 Å². The molecule has 0 amide bonds. The maximum atomic E-state index is 11.4. The largest absolute Gasteiger partial charge is 0.744 e. The lowest BCUT2D eigenvalue weighted by Crippen LogP contribution is -1.99. The van der Waals surface area contributed by atoms with Gasteiger partial charge in [0, 0.05) is 16.8 Å². The molecular formula is C17H13N2O5S-. The Balaban J connectivity index is 2.22. The van der Waals surface area contributed by atoms with Crippen molar-refractivity contribution in [2.75, 3.05) is 0 Å². The SMILES string of the molecule is Cc1ccc(O)c(N=Nc2c(O)cc(S(=O)(=O)[O-])c3ccccc23)c1. The van der Waals surface area contributed by atoms with Crippen LogP contribution in [0.4, 0.5) is 11.4 Å². The topological polar surface area (TPSA) is 122 Å². The molecule has 0 saturated heterocycles. The number of phenolic OH excluding ortho intramolecular Hbond substituents is 2. The molecule has 3 rings (SSSR count). The Morgan fingerprint density at radius 1 is 0.920 bits per heavy atom. The molecule has 7 nitrogen and oxygen atoms in total. The molecule has 128 valence electrons. The highest BCUT2D eigenvalue weighted by Gasteiger charge is 2.15. The predicted molar refractivity (Wildman–Crippen MR) is 90.6 cm³/mol. The summed E-state index contributed by atoms with van der Waals surface area (Å²) in [6, 6.07) is 11.8. The minimum atomic E-state index is -4.77. The van der Waals surface area contributed by atoms with Crippen LogP contribution in [0.5, 0.6) is 11.5 Å². The van der Waals surface area contributed by atoms with Crippen molar-refractivity contribution in [2.24, 2.45) is 10.2 Å². The van der Waals surface area contributed by atoms with Crippen LogP contribution in [0.15, 0.2) is 63.7 Å². The van der Waals surface area contributed by atoms with Crippen LogP contribution in [0.1, 0.15) is 5.56 Å². The van der Waals surface area contributed by atoms with Gasteiger partial charge in [-0.3, -0.25) is 0 Å². The van der Waals surface area contributed by atoms with E-state index in [1.165, 1.54) is 18.2 Å². The maximum absolute atomic E-state index is 11.4. The second kappa shape index (κ2) is 6.15. The molecule has 2 N–H and O–H groups in total. The van der Waals surface area contributed by atoms with E-state index in [0.717, 1.165) is 11.6 Å². The Kier molecular flexibility index (Phi) is 4.15. The monoisotopic (exact) mass is 357 g/mol. The normalized spacial score (nSPS) is 12.1. The summed E-state index contributed by atoms with van der Waals surface area (Å²) >= 11 is 0. The summed E-state index contributed by atoms with van der Waals surface area (Å²) in [5.41, 5.74) is 1.06. The minimum Gasteiger partial charge on any atom is -0.744 e. The second-order valence-corrected chi connectivity index (χ2v) is 6.78. The van der Waals surface area contributed by atoms with Crippen molar-refractivity contribution in [1.29, 1.82) is 0 Å². The standard InChI is InChI=1S/C17H14N2O5S/c1-10-6-7-14(20)13(8-10)18-19-17-12-5-3-2-4-11(12)16(9-15(17)21)25(22,23)24/h2-9,20-21H,1H3,(H,22,23,24)/p-1. The molecule has 0 spiro atoms. The number of benzene rings is 3.